The van der Waals surface area contributed by atoms with E-state index in [4.69, 9.17) is 28.4 Å². The highest BCUT2D eigenvalue weighted by Crippen LogP contribution is 2.34. The molecule has 4 atom stereocenters. The van der Waals surface area contributed by atoms with Gasteiger partial charge in [0.2, 0.25) is 0 Å². The van der Waals surface area contributed by atoms with Crippen LogP contribution in [0, 0.1) is 5.92 Å². The summed E-state index contributed by atoms with van der Waals surface area (Å²) in [6, 6.07) is 6.08. The Kier molecular flexibility index (Phi) is 11.7. The molecule has 2 fully saturated rings. The van der Waals surface area contributed by atoms with Gasteiger partial charge in [0.05, 0.1) is 32.2 Å². The minimum absolute atomic E-state index is 0.140. The van der Waals surface area contributed by atoms with Crippen molar-refractivity contribution in [2.45, 2.75) is 110 Å². The Morgan fingerprint density at radius 3 is 1.94 bits per heavy atom. The standard InChI is InChI=1S/C33H49F2N3O10/c1-30(2,3)46-27(40)37-17-21(33(34,35)19-37)16-36-26(39)45-25-23(15-20-11-13-22(43-10)14-12-20)38(28(41)47-31(4,5)6)18-24(25)44-29(42)48-32(7,8)9/h11-14,21,23-25H,15-19H2,1-10H3,(H,36,39)/t21-,23-,24+,25+/m1/s1. The van der Waals surface area contributed by atoms with Gasteiger partial charge in [-0.1, -0.05) is 12.1 Å². The van der Waals surface area contributed by atoms with Gasteiger partial charge in [-0.15, -0.1) is 0 Å². The number of methoxy groups -OCH3 is 1. The number of hydrogen-bond donors (Lipinski definition) is 1. The van der Waals surface area contributed by atoms with Crippen molar-refractivity contribution in [3.05, 3.63) is 29.8 Å². The first-order valence-corrected chi connectivity index (χ1v) is 15.8. The normalized spacial score (nSPS) is 22.5. The van der Waals surface area contributed by atoms with E-state index in [1.165, 1.54) is 12.0 Å². The van der Waals surface area contributed by atoms with Crippen molar-refractivity contribution >= 4 is 24.4 Å². The van der Waals surface area contributed by atoms with Gasteiger partial charge in [-0.3, -0.25) is 4.90 Å². The third kappa shape index (κ3) is 11.3. The number of nitrogens with zero attached hydrogens (tertiary/aromatic N) is 2. The molecule has 0 unspecified atom stereocenters. The van der Waals surface area contributed by atoms with Gasteiger partial charge in [-0.25, -0.2) is 28.0 Å². The van der Waals surface area contributed by atoms with Crippen LogP contribution in [0.3, 0.4) is 0 Å². The average Bonchev–Trinajstić information content (AvgIpc) is 3.40. The molecule has 0 radical (unpaired) electrons. The molecule has 2 aliphatic rings. The topological polar surface area (TPSA) is 142 Å². The van der Waals surface area contributed by atoms with E-state index >= 15 is 0 Å². The first-order valence-electron chi connectivity index (χ1n) is 15.8. The first-order chi connectivity index (χ1) is 22.0. The zero-order valence-corrected chi connectivity index (χ0v) is 29.4. The predicted octanol–water partition coefficient (Wildman–Crippen LogP) is 5.77. The van der Waals surface area contributed by atoms with Crippen molar-refractivity contribution in [1.29, 1.82) is 0 Å². The molecule has 3 rings (SSSR count). The van der Waals surface area contributed by atoms with Crippen LogP contribution >= 0.6 is 0 Å². The molecule has 1 aromatic rings. The van der Waals surface area contributed by atoms with Crippen LogP contribution in [0.2, 0.25) is 0 Å². The number of rotatable bonds is 7. The maximum Gasteiger partial charge on any atom is 0.509 e. The van der Waals surface area contributed by atoms with E-state index in [0.717, 1.165) is 10.5 Å². The van der Waals surface area contributed by atoms with Gasteiger partial charge in [-0.05, 0) is 86.4 Å². The quantitative estimate of drug-likeness (QED) is 0.278. The Bertz CT molecular complexity index is 1300. The van der Waals surface area contributed by atoms with E-state index in [9.17, 15) is 28.0 Å². The van der Waals surface area contributed by atoms with Crippen molar-refractivity contribution in [1.82, 2.24) is 15.1 Å². The first kappa shape index (κ1) is 38.4. The van der Waals surface area contributed by atoms with Crippen LogP contribution in [-0.2, 0) is 30.1 Å². The van der Waals surface area contributed by atoms with E-state index in [1.54, 1.807) is 86.6 Å². The van der Waals surface area contributed by atoms with Crippen LogP contribution in [0.5, 0.6) is 5.75 Å². The summed E-state index contributed by atoms with van der Waals surface area (Å²) in [5, 5.41) is 2.37. The molecule has 13 nitrogen and oxygen atoms in total. The molecule has 270 valence electrons. The Balaban J connectivity index is 1.84. The molecule has 15 heteroatoms. The predicted molar refractivity (Wildman–Crippen MR) is 169 cm³/mol. The van der Waals surface area contributed by atoms with E-state index in [1.807, 2.05) is 0 Å². The lowest BCUT2D eigenvalue weighted by Crippen LogP contribution is -2.47. The summed E-state index contributed by atoms with van der Waals surface area (Å²) in [7, 11) is 1.52. The Hall–Kier alpha value is -4.04. The maximum absolute atomic E-state index is 14.9. The van der Waals surface area contributed by atoms with Gasteiger partial charge in [-0.2, -0.15) is 0 Å². The monoisotopic (exact) mass is 685 g/mol. The lowest BCUT2D eigenvalue weighted by molar-refractivity contribution is -0.0529. The van der Waals surface area contributed by atoms with Gasteiger partial charge in [0, 0.05) is 13.1 Å². The molecule has 1 aromatic carbocycles. The largest absolute Gasteiger partial charge is 0.509 e. The van der Waals surface area contributed by atoms with Crippen molar-refractivity contribution < 1.29 is 56.4 Å². The second-order valence-electron chi connectivity index (χ2n) is 14.9. The third-order valence-electron chi connectivity index (χ3n) is 7.22. The van der Waals surface area contributed by atoms with Crippen molar-refractivity contribution in [3.63, 3.8) is 0 Å². The molecular formula is C33H49F2N3O10. The second kappa shape index (κ2) is 14.6. The molecule has 2 aliphatic heterocycles. The summed E-state index contributed by atoms with van der Waals surface area (Å²) < 4.78 is 62.6. The molecule has 3 amide bonds. The molecule has 0 aliphatic carbocycles. The third-order valence-corrected chi connectivity index (χ3v) is 7.22. The minimum Gasteiger partial charge on any atom is -0.497 e. The fourth-order valence-corrected chi connectivity index (χ4v) is 5.17. The molecule has 2 heterocycles. The van der Waals surface area contributed by atoms with Crippen LogP contribution in [0.4, 0.5) is 28.0 Å². The minimum atomic E-state index is -3.32. The summed E-state index contributed by atoms with van der Waals surface area (Å²) in [5.74, 6) is -4.14. The summed E-state index contributed by atoms with van der Waals surface area (Å²) >= 11 is 0. The van der Waals surface area contributed by atoms with Crippen LogP contribution in [0.1, 0.15) is 67.9 Å². The maximum atomic E-state index is 14.9. The van der Waals surface area contributed by atoms with E-state index < -0.39 is 84.4 Å². The van der Waals surface area contributed by atoms with E-state index in [0.29, 0.717) is 5.75 Å². The van der Waals surface area contributed by atoms with Gasteiger partial charge in [0.15, 0.2) is 12.2 Å². The fourth-order valence-electron chi connectivity index (χ4n) is 5.17. The molecule has 0 saturated carbocycles. The molecule has 0 aromatic heterocycles. The lowest BCUT2D eigenvalue weighted by Gasteiger charge is -2.30. The SMILES string of the molecule is COc1ccc(C[C@@H]2[C@H](OC(=O)NC[C@@H]3CN(C(=O)OC(C)(C)C)CC3(F)F)[C@@H](OC(=O)OC(C)(C)C)CN2C(=O)OC(C)(C)C)cc1. The number of likely N-dealkylation sites (tertiary alicyclic amines) is 2. The number of halogens is 2. The van der Waals surface area contributed by atoms with E-state index in [-0.39, 0.29) is 19.5 Å². The summed E-state index contributed by atoms with van der Waals surface area (Å²) in [4.78, 5) is 54.0. The number of carbonyl (C=O) groups is 4. The van der Waals surface area contributed by atoms with Crippen LogP contribution in [0.15, 0.2) is 24.3 Å². The van der Waals surface area contributed by atoms with Crippen LogP contribution in [0.25, 0.3) is 0 Å². The molecule has 0 spiro atoms. The van der Waals surface area contributed by atoms with Crippen molar-refractivity contribution in [2.75, 3.05) is 33.3 Å². The summed E-state index contributed by atoms with van der Waals surface area (Å²) in [5.41, 5.74) is -1.93. The van der Waals surface area contributed by atoms with E-state index in [2.05, 4.69) is 5.32 Å². The number of hydrogen-bond acceptors (Lipinski definition) is 10. The molecule has 1 N–H and O–H groups in total. The highest BCUT2D eigenvalue weighted by atomic mass is 19.3. The van der Waals surface area contributed by atoms with Gasteiger partial charge < -0.3 is 38.6 Å². The highest BCUT2D eigenvalue weighted by molar-refractivity contribution is 5.71. The number of carbonyl (C=O) groups excluding carboxylic acids is 4. The van der Waals surface area contributed by atoms with Crippen LogP contribution < -0.4 is 10.1 Å². The van der Waals surface area contributed by atoms with Crippen molar-refractivity contribution in [3.8, 4) is 5.75 Å². The number of alkyl carbamates (subject to hydrolysis) is 1. The fraction of sp³-hybridized carbons (Fsp3) is 0.697. The van der Waals surface area contributed by atoms with Gasteiger partial charge >= 0.3 is 24.4 Å². The molecule has 48 heavy (non-hydrogen) atoms. The number of alkyl halides is 2. The zero-order chi connectivity index (χ0) is 36.2. The molecule has 0 bridgehead atoms. The van der Waals surface area contributed by atoms with Gasteiger partial charge in [0.25, 0.3) is 5.92 Å². The van der Waals surface area contributed by atoms with Crippen molar-refractivity contribution in [2.24, 2.45) is 5.92 Å². The Labute approximate surface area is 280 Å². The number of benzene rings is 1. The number of ether oxygens (including phenoxy) is 6. The summed E-state index contributed by atoms with van der Waals surface area (Å²) in [6.45, 7) is 12.9. The summed E-state index contributed by atoms with van der Waals surface area (Å²) in [6.07, 6.45) is -6.08. The highest BCUT2D eigenvalue weighted by Gasteiger charge is 2.52. The van der Waals surface area contributed by atoms with Gasteiger partial charge in [0.1, 0.15) is 22.6 Å². The number of nitrogens with one attached hydrogen (secondary N) is 1. The number of amides is 3. The second-order valence-corrected chi connectivity index (χ2v) is 14.9. The molecular weight excluding hydrogens is 636 g/mol. The molecule has 2 saturated heterocycles. The Morgan fingerprint density at radius 2 is 1.40 bits per heavy atom. The smallest absolute Gasteiger partial charge is 0.497 e. The Morgan fingerprint density at radius 1 is 0.833 bits per heavy atom. The average molecular weight is 686 g/mol. The van der Waals surface area contributed by atoms with Crippen LogP contribution in [-0.4, -0.2) is 108 Å². The lowest BCUT2D eigenvalue weighted by atomic mass is 10.0. The zero-order valence-electron chi connectivity index (χ0n) is 29.4.